The molecule has 1 unspecified atom stereocenters. The van der Waals surface area contributed by atoms with Gasteiger partial charge in [-0.3, -0.25) is 4.99 Å². The number of hydrogen-bond acceptors (Lipinski definition) is 4. The van der Waals surface area contributed by atoms with E-state index in [-0.39, 0.29) is 12.0 Å². The van der Waals surface area contributed by atoms with E-state index in [1.807, 2.05) is 24.5 Å². The first-order valence-electron chi connectivity index (χ1n) is 9.87. The zero-order valence-electron chi connectivity index (χ0n) is 16.2. The summed E-state index contributed by atoms with van der Waals surface area (Å²) in [6.07, 6.45) is 4.59. The molecule has 3 N–H and O–H groups in total. The Labute approximate surface area is 160 Å². The summed E-state index contributed by atoms with van der Waals surface area (Å²) in [7, 11) is 0. The smallest absolute Gasteiger partial charge is 0.191 e. The third-order valence-electron chi connectivity index (χ3n) is 5.14. The second-order valence-corrected chi connectivity index (χ2v) is 7.18. The van der Waals surface area contributed by atoms with E-state index < -0.39 is 0 Å². The number of aliphatic hydroxyl groups is 1. The summed E-state index contributed by atoms with van der Waals surface area (Å²) in [6.45, 7) is 6.94. The van der Waals surface area contributed by atoms with E-state index in [4.69, 9.17) is 9.73 Å². The lowest BCUT2D eigenvalue weighted by Crippen LogP contribution is -2.39. The molecular formula is C20H31N5O2. The van der Waals surface area contributed by atoms with Gasteiger partial charge in [-0.1, -0.05) is 12.1 Å². The van der Waals surface area contributed by atoms with E-state index in [0.717, 1.165) is 57.0 Å². The maximum atomic E-state index is 9.36. The number of hydrogen-bond donors (Lipinski definition) is 3. The van der Waals surface area contributed by atoms with Crippen LogP contribution < -0.4 is 10.6 Å². The highest BCUT2D eigenvalue weighted by molar-refractivity contribution is 5.79. The number of para-hydroxylation sites is 2. The number of nitrogens with one attached hydrogen (secondary N) is 2. The van der Waals surface area contributed by atoms with E-state index >= 15 is 0 Å². The normalized spacial score (nSPS) is 20.3. The molecule has 7 nitrogen and oxygen atoms in total. The lowest BCUT2D eigenvalue weighted by atomic mass is 9.84. The van der Waals surface area contributed by atoms with Crippen molar-refractivity contribution in [3.8, 4) is 0 Å². The highest BCUT2D eigenvalue weighted by Crippen LogP contribution is 2.32. The van der Waals surface area contributed by atoms with Crippen LogP contribution in [-0.2, 0) is 11.3 Å². The zero-order chi connectivity index (χ0) is 19.0. The molecule has 0 amide bonds. The van der Waals surface area contributed by atoms with Gasteiger partial charge in [-0.25, -0.2) is 4.98 Å². The molecule has 1 fully saturated rings. The topological polar surface area (TPSA) is 83.7 Å². The summed E-state index contributed by atoms with van der Waals surface area (Å²) in [5.74, 6) is 0.831. The quantitative estimate of drug-likeness (QED) is 0.354. The third kappa shape index (κ3) is 5.20. The molecule has 7 heteroatoms. The minimum absolute atomic E-state index is 0.0210. The maximum Gasteiger partial charge on any atom is 0.191 e. The molecule has 2 heterocycles. The standard InChI is InChI=1S/C20H31N5O2/c1-2-21-19(23-14-20(8-12-26)9-13-27-15-20)22-10-5-11-25-16-24-17-6-3-4-7-18(17)25/h3-4,6-7,16,26H,2,5,8-15H2,1H3,(H2,21,22,23). The minimum Gasteiger partial charge on any atom is -0.396 e. The van der Waals surface area contributed by atoms with Crippen molar-refractivity contribution in [1.29, 1.82) is 0 Å². The van der Waals surface area contributed by atoms with Gasteiger partial charge in [0, 0.05) is 38.3 Å². The van der Waals surface area contributed by atoms with Gasteiger partial charge in [-0.05, 0) is 38.3 Å². The Morgan fingerprint density at radius 3 is 3.04 bits per heavy atom. The molecule has 1 atom stereocenters. The Morgan fingerprint density at radius 1 is 1.37 bits per heavy atom. The molecule has 0 bridgehead atoms. The molecule has 1 aliphatic heterocycles. The Bertz CT molecular complexity index is 737. The number of benzene rings is 1. The molecule has 0 spiro atoms. The third-order valence-corrected chi connectivity index (χ3v) is 5.14. The van der Waals surface area contributed by atoms with Gasteiger partial charge in [0.05, 0.1) is 30.5 Å². The molecule has 1 aromatic heterocycles. The fourth-order valence-electron chi connectivity index (χ4n) is 3.52. The molecule has 1 saturated heterocycles. The van der Waals surface area contributed by atoms with Gasteiger partial charge in [0.15, 0.2) is 5.96 Å². The molecule has 27 heavy (non-hydrogen) atoms. The average Bonchev–Trinajstić information content (AvgIpc) is 3.31. The Hall–Kier alpha value is -2.12. The van der Waals surface area contributed by atoms with Crippen molar-refractivity contribution < 1.29 is 9.84 Å². The van der Waals surface area contributed by atoms with Crippen LogP contribution in [0.25, 0.3) is 11.0 Å². The van der Waals surface area contributed by atoms with Crippen LogP contribution in [0.5, 0.6) is 0 Å². The predicted molar refractivity (Wildman–Crippen MR) is 108 cm³/mol. The van der Waals surface area contributed by atoms with Gasteiger partial charge in [0.1, 0.15) is 0 Å². The van der Waals surface area contributed by atoms with Crippen molar-refractivity contribution in [3.05, 3.63) is 30.6 Å². The summed E-state index contributed by atoms with van der Waals surface area (Å²) in [4.78, 5) is 9.19. The SMILES string of the molecule is CCNC(=NCC1(CCO)CCOC1)NCCCn1cnc2ccccc21. The fraction of sp³-hybridized carbons (Fsp3) is 0.600. The van der Waals surface area contributed by atoms with Crippen LogP contribution in [0.15, 0.2) is 35.6 Å². The maximum absolute atomic E-state index is 9.36. The van der Waals surface area contributed by atoms with Crippen molar-refractivity contribution in [2.45, 2.75) is 32.7 Å². The highest BCUT2D eigenvalue weighted by Gasteiger charge is 2.34. The van der Waals surface area contributed by atoms with Crippen molar-refractivity contribution in [2.24, 2.45) is 10.4 Å². The largest absolute Gasteiger partial charge is 0.396 e. The first-order chi connectivity index (χ1) is 13.3. The fourth-order valence-corrected chi connectivity index (χ4v) is 3.52. The lowest BCUT2D eigenvalue weighted by molar-refractivity contribution is 0.131. The van der Waals surface area contributed by atoms with Gasteiger partial charge in [-0.2, -0.15) is 0 Å². The van der Waals surface area contributed by atoms with Crippen LogP contribution in [0.2, 0.25) is 0 Å². The van der Waals surface area contributed by atoms with Crippen LogP contribution in [-0.4, -0.2) is 60.1 Å². The molecule has 148 valence electrons. The number of imidazole rings is 1. The van der Waals surface area contributed by atoms with Gasteiger partial charge in [0.2, 0.25) is 0 Å². The van der Waals surface area contributed by atoms with E-state index in [2.05, 4.69) is 33.2 Å². The van der Waals surface area contributed by atoms with Crippen LogP contribution >= 0.6 is 0 Å². The minimum atomic E-state index is -0.0210. The Morgan fingerprint density at radius 2 is 2.26 bits per heavy atom. The van der Waals surface area contributed by atoms with E-state index in [9.17, 15) is 5.11 Å². The number of aliphatic imine (C=N–C) groups is 1. The molecule has 1 aromatic carbocycles. The zero-order valence-corrected chi connectivity index (χ0v) is 16.2. The van der Waals surface area contributed by atoms with Gasteiger partial charge in [-0.15, -0.1) is 0 Å². The predicted octanol–water partition coefficient (Wildman–Crippen LogP) is 1.77. The van der Waals surface area contributed by atoms with Crippen LogP contribution in [0, 0.1) is 5.41 Å². The second kappa shape index (κ2) is 9.71. The summed E-state index contributed by atoms with van der Waals surface area (Å²) in [6, 6.07) is 8.20. The van der Waals surface area contributed by atoms with Crippen molar-refractivity contribution in [2.75, 3.05) is 39.5 Å². The Kier molecular flexibility index (Phi) is 7.06. The van der Waals surface area contributed by atoms with Gasteiger partial charge >= 0.3 is 0 Å². The van der Waals surface area contributed by atoms with E-state index in [0.29, 0.717) is 13.2 Å². The molecule has 1 aliphatic rings. The summed E-state index contributed by atoms with van der Waals surface area (Å²) >= 11 is 0. The van der Waals surface area contributed by atoms with Crippen LogP contribution in [0.4, 0.5) is 0 Å². The number of guanidine groups is 1. The summed E-state index contributed by atoms with van der Waals surface area (Å²) in [5.41, 5.74) is 2.19. The number of nitrogens with zero attached hydrogens (tertiary/aromatic N) is 3. The first-order valence-corrected chi connectivity index (χ1v) is 9.87. The van der Waals surface area contributed by atoms with E-state index in [1.165, 1.54) is 5.52 Å². The summed E-state index contributed by atoms with van der Waals surface area (Å²) in [5, 5.41) is 16.1. The van der Waals surface area contributed by atoms with Gasteiger partial charge in [0.25, 0.3) is 0 Å². The average molecular weight is 374 g/mol. The number of ether oxygens (including phenoxy) is 1. The molecule has 3 rings (SSSR count). The first kappa shape index (κ1) is 19.6. The molecule has 0 radical (unpaired) electrons. The van der Waals surface area contributed by atoms with Crippen molar-refractivity contribution in [3.63, 3.8) is 0 Å². The van der Waals surface area contributed by atoms with E-state index in [1.54, 1.807) is 0 Å². The number of fused-ring (bicyclic) bond motifs is 1. The van der Waals surface area contributed by atoms with Gasteiger partial charge < -0.3 is 25.0 Å². The van der Waals surface area contributed by atoms with Crippen molar-refractivity contribution in [1.82, 2.24) is 20.2 Å². The number of aromatic nitrogens is 2. The Balaban J connectivity index is 1.50. The van der Waals surface area contributed by atoms with Crippen molar-refractivity contribution >= 4 is 17.0 Å². The number of aryl methyl sites for hydroxylation is 1. The molecule has 0 saturated carbocycles. The molecule has 2 aromatic rings. The molecule has 0 aliphatic carbocycles. The van der Waals surface area contributed by atoms with Crippen LogP contribution in [0.3, 0.4) is 0 Å². The monoisotopic (exact) mass is 373 g/mol. The second-order valence-electron chi connectivity index (χ2n) is 7.18. The lowest BCUT2D eigenvalue weighted by Gasteiger charge is -2.24. The molecular weight excluding hydrogens is 342 g/mol. The highest BCUT2D eigenvalue weighted by atomic mass is 16.5. The summed E-state index contributed by atoms with van der Waals surface area (Å²) < 4.78 is 7.74. The number of aliphatic hydroxyl groups excluding tert-OH is 1. The number of rotatable bonds is 9. The van der Waals surface area contributed by atoms with Crippen LogP contribution in [0.1, 0.15) is 26.2 Å².